The lowest BCUT2D eigenvalue weighted by molar-refractivity contribution is -0.149. The minimum Gasteiger partial charge on any atom is -0.484 e. The van der Waals surface area contributed by atoms with Crippen LogP contribution in [0.4, 0.5) is 0 Å². The van der Waals surface area contributed by atoms with Crippen molar-refractivity contribution in [1.82, 2.24) is 10.9 Å². The van der Waals surface area contributed by atoms with Crippen molar-refractivity contribution >= 4 is 17.8 Å². The van der Waals surface area contributed by atoms with Gasteiger partial charge in [0.15, 0.2) is 6.61 Å². The number of carboxylic acid groups (broad SMARTS) is 1. The zero-order valence-corrected chi connectivity index (χ0v) is 12.7. The number of aliphatic carboxylic acids is 1. The number of nitrogens with one attached hydrogen (secondary N) is 2. The molecule has 2 amide bonds. The number of carbonyl (C=O) groups is 3. The third-order valence-electron chi connectivity index (χ3n) is 3.86. The average Bonchev–Trinajstić information content (AvgIpc) is 2.58. The first kappa shape index (κ1) is 16.8. The highest BCUT2D eigenvalue weighted by molar-refractivity contribution is 5.87. The van der Waals surface area contributed by atoms with Gasteiger partial charge >= 0.3 is 5.97 Å². The first-order valence-electron chi connectivity index (χ1n) is 7.57. The van der Waals surface area contributed by atoms with Crippen molar-refractivity contribution < 1.29 is 24.2 Å². The van der Waals surface area contributed by atoms with E-state index >= 15 is 0 Å². The predicted molar refractivity (Wildman–Crippen MR) is 81.3 cm³/mol. The molecule has 124 valence electrons. The van der Waals surface area contributed by atoms with E-state index in [2.05, 4.69) is 10.9 Å². The van der Waals surface area contributed by atoms with Gasteiger partial charge in [-0.3, -0.25) is 25.2 Å². The summed E-state index contributed by atoms with van der Waals surface area (Å²) in [4.78, 5) is 34.9. The largest absolute Gasteiger partial charge is 0.484 e. The van der Waals surface area contributed by atoms with Crippen LogP contribution in [0.3, 0.4) is 0 Å². The van der Waals surface area contributed by atoms with Crippen LogP contribution in [0.2, 0.25) is 0 Å². The number of benzene rings is 1. The molecule has 2 rings (SSSR count). The summed E-state index contributed by atoms with van der Waals surface area (Å²) in [7, 11) is 0. The van der Waals surface area contributed by atoms with Gasteiger partial charge in [-0.25, -0.2) is 0 Å². The summed E-state index contributed by atoms with van der Waals surface area (Å²) in [6, 6.07) is 8.82. The molecule has 0 radical (unpaired) electrons. The molecule has 0 aliphatic heterocycles. The Morgan fingerprint density at radius 1 is 1.04 bits per heavy atom. The molecule has 0 spiro atoms. The van der Waals surface area contributed by atoms with E-state index in [1.165, 1.54) is 0 Å². The van der Waals surface area contributed by atoms with Gasteiger partial charge in [-0.1, -0.05) is 31.0 Å². The smallest absolute Gasteiger partial charge is 0.307 e. The lowest BCUT2D eigenvalue weighted by atomic mass is 9.79. The lowest BCUT2D eigenvalue weighted by Crippen LogP contribution is -2.49. The maximum Gasteiger partial charge on any atom is 0.307 e. The van der Waals surface area contributed by atoms with E-state index in [1.807, 2.05) is 6.07 Å². The van der Waals surface area contributed by atoms with Crippen molar-refractivity contribution in [2.24, 2.45) is 11.8 Å². The standard InChI is InChI=1S/C16H20N2O5/c19-14(10-23-11-6-2-1-3-7-11)17-18-15(20)12-8-4-5-9-13(12)16(21)22/h1-3,6-7,12-13H,4-5,8-10H2,(H,17,19)(H,18,20)(H,21,22)/t12-,13-/m1/s1. The van der Waals surface area contributed by atoms with E-state index in [0.29, 0.717) is 18.6 Å². The number of hydrazine groups is 1. The van der Waals surface area contributed by atoms with Crippen LogP contribution in [0.25, 0.3) is 0 Å². The van der Waals surface area contributed by atoms with Gasteiger partial charge in [0.1, 0.15) is 5.75 Å². The van der Waals surface area contributed by atoms with Gasteiger partial charge in [0.05, 0.1) is 11.8 Å². The van der Waals surface area contributed by atoms with E-state index in [1.54, 1.807) is 24.3 Å². The Labute approximate surface area is 134 Å². The summed E-state index contributed by atoms with van der Waals surface area (Å²) in [5.41, 5.74) is 4.54. The van der Waals surface area contributed by atoms with Crippen LogP contribution in [0.15, 0.2) is 30.3 Å². The molecule has 0 unspecified atom stereocenters. The zero-order valence-electron chi connectivity index (χ0n) is 12.7. The molecule has 0 aromatic heterocycles. The topological polar surface area (TPSA) is 105 Å². The molecule has 1 fully saturated rings. The number of hydrogen-bond donors (Lipinski definition) is 3. The molecule has 0 saturated heterocycles. The van der Waals surface area contributed by atoms with Gasteiger partial charge < -0.3 is 9.84 Å². The molecule has 1 aliphatic rings. The number of amides is 2. The van der Waals surface area contributed by atoms with Crippen LogP contribution < -0.4 is 15.6 Å². The van der Waals surface area contributed by atoms with Crippen LogP contribution in [0.5, 0.6) is 5.75 Å². The van der Waals surface area contributed by atoms with E-state index in [4.69, 9.17) is 9.84 Å². The van der Waals surface area contributed by atoms with Crippen LogP contribution >= 0.6 is 0 Å². The van der Waals surface area contributed by atoms with E-state index in [-0.39, 0.29) is 6.61 Å². The maximum atomic E-state index is 12.1. The Morgan fingerprint density at radius 3 is 2.35 bits per heavy atom. The lowest BCUT2D eigenvalue weighted by Gasteiger charge is -2.27. The van der Waals surface area contributed by atoms with Crippen molar-refractivity contribution in [1.29, 1.82) is 0 Å². The SMILES string of the molecule is O=C(COc1ccccc1)NNC(=O)[C@@H]1CCCC[C@H]1C(=O)O. The van der Waals surface area contributed by atoms with Crippen molar-refractivity contribution in [3.63, 3.8) is 0 Å². The third kappa shape index (κ3) is 4.98. The van der Waals surface area contributed by atoms with Crippen molar-refractivity contribution in [3.05, 3.63) is 30.3 Å². The molecule has 0 heterocycles. The van der Waals surface area contributed by atoms with E-state index < -0.39 is 29.6 Å². The quantitative estimate of drug-likeness (QED) is 0.705. The molecule has 2 atom stereocenters. The molecule has 3 N–H and O–H groups in total. The average molecular weight is 320 g/mol. The second-order valence-corrected chi connectivity index (χ2v) is 5.47. The fourth-order valence-electron chi connectivity index (χ4n) is 2.67. The second kappa shape index (κ2) is 8.17. The normalized spacial score (nSPS) is 20.3. The molecule has 1 aromatic rings. The Hall–Kier alpha value is -2.57. The highest BCUT2D eigenvalue weighted by Crippen LogP contribution is 2.30. The first-order chi connectivity index (χ1) is 11.1. The number of rotatable bonds is 5. The van der Waals surface area contributed by atoms with Gasteiger partial charge in [0, 0.05) is 0 Å². The Kier molecular flexibility index (Phi) is 5.96. The summed E-state index contributed by atoms with van der Waals surface area (Å²) in [6.45, 7) is -0.239. The van der Waals surface area contributed by atoms with Crippen molar-refractivity contribution in [2.75, 3.05) is 6.61 Å². The van der Waals surface area contributed by atoms with Gasteiger partial charge in [-0.05, 0) is 25.0 Å². The fourth-order valence-corrected chi connectivity index (χ4v) is 2.67. The van der Waals surface area contributed by atoms with Crippen LogP contribution in [-0.4, -0.2) is 29.5 Å². The summed E-state index contributed by atoms with van der Waals surface area (Å²) in [5, 5.41) is 9.16. The first-order valence-corrected chi connectivity index (χ1v) is 7.57. The number of carbonyl (C=O) groups excluding carboxylic acids is 2. The van der Waals surface area contributed by atoms with E-state index in [9.17, 15) is 14.4 Å². The van der Waals surface area contributed by atoms with Gasteiger partial charge in [0.25, 0.3) is 5.91 Å². The molecular formula is C16H20N2O5. The molecule has 1 aromatic carbocycles. The zero-order chi connectivity index (χ0) is 16.7. The maximum absolute atomic E-state index is 12.1. The molecule has 1 aliphatic carbocycles. The minimum atomic E-state index is -0.969. The van der Waals surface area contributed by atoms with Gasteiger partial charge in [-0.15, -0.1) is 0 Å². The van der Waals surface area contributed by atoms with Crippen LogP contribution in [0, 0.1) is 11.8 Å². The molecule has 0 bridgehead atoms. The van der Waals surface area contributed by atoms with Crippen molar-refractivity contribution in [3.8, 4) is 5.75 Å². The van der Waals surface area contributed by atoms with Crippen LogP contribution in [-0.2, 0) is 14.4 Å². The fraction of sp³-hybridized carbons (Fsp3) is 0.438. The molecule has 7 heteroatoms. The summed E-state index contributed by atoms with van der Waals surface area (Å²) in [5.74, 6) is -2.70. The Morgan fingerprint density at radius 2 is 1.70 bits per heavy atom. The predicted octanol–water partition coefficient (Wildman–Crippen LogP) is 1.10. The molecule has 1 saturated carbocycles. The monoisotopic (exact) mass is 320 g/mol. The highest BCUT2D eigenvalue weighted by Gasteiger charge is 2.35. The van der Waals surface area contributed by atoms with Crippen LogP contribution in [0.1, 0.15) is 25.7 Å². The summed E-state index contributed by atoms with van der Waals surface area (Å²) >= 11 is 0. The van der Waals surface area contributed by atoms with Gasteiger partial charge in [0.2, 0.25) is 5.91 Å². The number of hydrogen-bond acceptors (Lipinski definition) is 4. The molecular weight excluding hydrogens is 300 g/mol. The Balaban J connectivity index is 1.76. The Bertz CT molecular complexity index is 561. The summed E-state index contributed by atoms with van der Waals surface area (Å²) in [6.07, 6.45) is 2.61. The van der Waals surface area contributed by atoms with E-state index in [0.717, 1.165) is 12.8 Å². The highest BCUT2D eigenvalue weighted by atomic mass is 16.5. The summed E-state index contributed by atoms with van der Waals surface area (Å²) < 4.78 is 5.25. The number of para-hydroxylation sites is 1. The third-order valence-corrected chi connectivity index (χ3v) is 3.86. The number of ether oxygens (including phenoxy) is 1. The number of carboxylic acids is 1. The van der Waals surface area contributed by atoms with Crippen molar-refractivity contribution in [2.45, 2.75) is 25.7 Å². The minimum absolute atomic E-state index is 0.239. The second-order valence-electron chi connectivity index (χ2n) is 5.47. The van der Waals surface area contributed by atoms with Gasteiger partial charge in [-0.2, -0.15) is 0 Å². The molecule has 7 nitrogen and oxygen atoms in total. The molecule has 23 heavy (non-hydrogen) atoms.